The highest BCUT2D eigenvalue weighted by molar-refractivity contribution is 6.32. The summed E-state index contributed by atoms with van der Waals surface area (Å²) in [7, 11) is 0. The number of aldehydes is 1. The van der Waals surface area contributed by atoms with E-state index in [2.05, 4.69) is 23.2 Å². The fraction of sp³-hybridized carbons (Fsp3) is 0.500. The Labute approximate surface area is 283 Å². The lowest BCUT2D eigenvalue weighted by Crippen LogP contribution is -2.40. The fourth-order valence-corrected chi connectivity index (χ4v) is 7.28. The highest BCUT2D eigenvalue weighted by atomic mass is 35.5. The molecule has 0 unspecified atom stereocenters. The fourth-order valence-electron chi connectivity index (χ4n) is 7.12. The van der Waals surface area contributed by atoms with Gasteiger partial charge >= 0.3 is 11.9 Å². The predicted octanol–water partition coefficient (Wildman–Crippen LogP) is 4.70. The summed E-state index contributed by atoms with van der Waals surface area (Å²) in [5.41, 5.74) is 3.84. The monoisotopic (exact) mass is 676 g/mol. The molecule has 0 spiro atoms. The first kappa shape index (κ1) is 33.8. The number of aromatic nitrogens is 2. The van der Waals surface area contributed by atoms with E-state index in [-0.39, 0.29) is 43.4 Å². The van der Waals surface area contributed by atoms with Crippen LogP contribution in [0, 0.1) is 12.8 Å². The summed E-state index contributed by atoms with van der Waals surface area (Å²) in [4.78, 5) is 70.6. The number of carbonyl (C=O) groups excluding carboxylic acids is 4. The van der Waals surface area contributed by atoms with Gasteiger partial charge in [0, 0.05) is 40.9 Å². The van der Waals surface area contributed by atoms with E-state index in [0.29, 0.717) is 47.4 Å². The molecule has 0 bridgehead atoms. The molecule has 12 heteroatoms. The van der Waals surface area contributed by atoms with Gasteiger partial charge in [-0.25, -0.2) is 4.98 Å². The molecule has 2 aromatic heterocycles. The second kappa shape index (κ2) is 13.8. The third kappa shape index (κ3) is 6.50. The van der Waals surface area contributed by atoms with Crippen molar-refractivity contribution in [3.63, 3.8) is 0 Å². The summed E-state index contributed by atoms with van der Waals surface area (Å²) in [6, 6.07) is 5.77. The van der Waals surface area contributed by atoms with Crippen LogP contribution < -0.4 is 10.9 Å². The maximum Gasteiger partial charge on any atom is 0.326 e. The van der Waals surface area contributed by atoms with Crippen molar-refractivity contribution in [3.05, 3.63) is 61.4 Å². The molecule has 1 atom stereocenters. The molecule has 3 aliphatic heterocycles. The van der Waals surface area contributed by atoms with Crippen LogP contribution in [0.5, 0.6) is 0 Å². The van der Waals surface area contributed by atoms with Crippen molar-refractivity contribution in [1.82, 2.24) is 19.8 Å². The molecule has 5 heterocycles. The molecule has 254 valence electrons. The predicted molar refractivity (Wildman–Crippen MR) is 179 cm³/mol. The largest absolute Gasteiger partial charge is 0.460 e. The van der Waals surface area contributed by atoms with E-state index >= 15 is 0 Å². The lowest BCUT2D eigenvalue weighted by atomic mass is 9.85. The number of nitrogens with zero attached hydrogens (tertiary/aromatic N) is 3. The minimum Gasteiger partial charge on any atom is -0.460 e. The van der Waals surface area contributed by atoms with Crippen molar-refractivity contribution in [3.8, 4) is 11.4 Å². The molecule has 48 heavy (non-hydrogen) atoms. The normalized spacial score (nSPS) is 19.2. The van der Waals surface area contributed by atoms with Crippen molar-refractivity contribution in [2.24, 2.45) is 5.92 Å². The van der Waals surface area contributed by atoms with Crippen LogP contribution in [0.3, 0.4) is 0 Å². The quantitative estimate of drug-likeness (QED) is 0.144. The summed E-state index contributed by atoms with van der Waals surface area (Å²) < 4.78 is 13.2. The number of esters is 2. The van der Waals surface area contributed by atoms with Crippen LogP contribution in [0.2, 0.25) is 5.02 Å². The second-order valence-corrected chi connectivity index (χ2v) is 13.7. The van der Waals surface area contributed by atoms with Gasteiger partial charge in [-0.15, -0.1) is 0 Å². The van der Waals surface area contributed by atoms with Gasteiger partial charge in [0.1, 0.15) is 25.0 Å². The third-order valence-corrected chi connectivity index (χ3v) is 10.4. The van der Waals surface area contributed by atoms with Crippen LogP contribution in [0.4, 0.5) is 0 Å². The van der Waals surface area contributed by atoms with Gasteiger partial charge in [0.15, 0.2) is 0 Å². The SMILES string of the molecule is CC[C@@]1(OC(=O)CNC(=O)CCCC=O)CC(=O)OCc2c1cc1n(c2=O)Cc2c-1nc1cc(Cl)c(C)cc1c2CN1CCC(C)CC1. The first-order chi connectivity index (χ1) is 23.0. The van der Waals surface area contributed by atoms with Gasteiger partial charge in [-0.05, 0) is 80.9 Å². The zero-order chi connectivity index (χ0) is 34.2. The first-order valence-electron chi connectivity index (χ1n) is 16.7. The minimum atomic E-state index is -1.50. The molecular weight excluding hydrogens is 636 g/mol. The molecule has 11 nitrogen and oxygen atoms in total. The van der Waals surface area contributed by atoms with E-state index < -0.39 is 30.0 Å². The molecule has 0 saturated carbocycles. The maximum atomic E-state index is 14.3. The number of hydrogen-bond donors (Lipinski definition) is 1. The molecule has 3 aliphatic rings. The smallest absolute Gasteiger partial charge is 0.326 e. The van der Waals surface area contributed by atoms with Crippen molar-refractivity contribution >= 4 is 46.6 Å². The number of hydrogen-bond acceptors (Lipinski definition) is 9. The number of unbranched alkanes of at least 4 members (excludes halogenated alkanes) is 1. The number of ether oxygens (including phenoxy) is 2. The number of aryl methyl sites for hydroxylation is 1. The molecular formula is C36H41ClN4O7. The zero-order valence-electron chi connectivity index (χ0n) is 27.7. The van der Waals surface area contributed by atoms with Crippen molar-refractivity contribution in [2.75, 3.05) is 19.6 Å². The highest BCUT2D eigenvalue weighted by Crippen LogP contribution is 2.43. The number of carbonyl (C=O) groups is 4. The Balaban J connectivity index is 1.42. The number of amides is 1. The van der Waals surface area contributed by atoms with Gasteiger partial charge in [-0.2, -0.15) is 0 Å². The van der Waals surface area contributed by atoms with Gasteiger partial charge in [-0.3, -0.25) is 24.1 Å². The van der Waals surface area contributed by atoms with Gasteiger partial charge in [0.05, 0.1) is 35.4 Å². The van der Waals surface area contributed by atoms with E-state index in [1.54, 1.807) is 11.5 Å². The Morgan fingerprint density at radius 3 is 2.69 bits per heavy atom. The van der Waals surface area contributed by atoms with E-state index in [1.165, 1.54) is 0 Å². The number of pyridine rings is 2. The average Bonchev–Trinajstić information content (AvgIpc) is 3.36. The standard InChI is InChI=1S/C36H41ClN4O7/c1-4-36(48-33(45)17-38-31(43)7-5-6-12-42)16-32(44)47-20-26-27(36)14-30-34-25(19-41(30)35(26)46)24(18-40-10-8-21(2)9-11-40)23-13-22(3)28(37)15-29(23)39-34/h12-15,21H,4-11,16-20H2,1-3H3,(H,38,43)/t36-/m1/s1. The Kier molecular flexibility index (Phi) is 9.71. The first-order valence-corrected chi connectivity index (χ1v) is 17.1. The van der Waals surface area contributed by atoms with Gasteiger partial charge < -0.3 is 24.2 Å². The van der Waals surface area contributed by atoms with E-state index in [4.69, 9.17) is 26.1 Å². The summed E-state index contributed by atoms with van der Waals surface area (Å²) in [6.07, 6.45) is 3.59. The molecule has 0 aliphatic carbocycles. The molecule has 1 aromatic carbocycles. The Morgan fingerprint density at radius 2 is 1.96 bits per heavy atom. The van der Waals surface area contributed by atoms with E-state index in [0.717, 1.165) is 59.8 Å². The summed E-state index contributed by atoms with van der Waals surface area (Å²) in [6.45, 7) is 8.37. The minimum absolute atomic E-state index is 0.0910. The Morgan fingerprint density at radius 1 is 1.19 bits per heavy atom. The third-order valence-electron chi connectivity index (χ3n) is 10.0. The molecule has 1 saturated heterocycles. The molecule has 1 amide bonds. The van der Waals surface area contributed by atoms with E-state index in [9.17, 15) is 24.0 Å². The van der Waals surface area contributed by atoms with Gasteiger partial charge in [-0.1, -0.05) is 25.4 Å². The summed E-state index contributed by atoms with van der Waals surface area (Å²) in [5.74, 6) is -1.06. The Bertz CT molecular complexity index is 1860. The molecule has 0 radical (unpaired) electrons. The molecule has 3 aromatic rings. The molecule has 1 fully saturated rings. The zero-order valence-corrected chi connectivity index (χ0v) is 28.4. The Hall–Kier alpha value is -4.09. The van der Waals surface area contributed by atoms with Crippen LogP contribution in [0.25, 0.3) is 22.3 Å². The lowest BCUT2D eigenvalue weighted by Gasteiger charge is -2.32. The average molecular weight is 677 g/mol. The van der Waals surface area contributed by atoms with Crippen molar-refractivity contribution in [2.45, 2.75) is 91.0 Å². The van der Waals surface area contributed by atoms with Crippen molar-refractivity contribution in [1.29, 1.82) is 0 Å². The number of halogens is 1. The number of benzene rings is 1. The van der Waals surface area contributed by atoms with Gasteiger partial charge in [0.2, 0.25) is 5.91 Å². The van der Waals surface area contributed by atoms with Crippen LogP contribution in [0.1, 0.15) is 86.6 Å². The summed E-state index contributed by atoms with van der Waals surface area (Å²) >= 11 is 6.59. The number of rotatable bonds is 10. The van der Waals surface area contributed by atoms with Crippen LogP contribution >= 0.6 is 11.6 Å². The lowest BCUT2D eigenvalue weighted by molar-refractivity contribution is -0.167. The van der Waals surface area contributed by atoms with Crippen LogP contribution in [-0.2, 0) is 53.9 Å². The topological polar surface area (TPSA) is 137 Å². The summed E-state index contributed by atoms with van der Waals surface area (Å²) in [5, 5.41) is 4.14. The van der Waals surface area contributed by atoms with Crippen molar-refractivity contribution < 1.29 is 28.7 Å². The highest BCUT2D eigenvalue weighted by Gasteiger charge is 2.44. The number of piperidine rings is 1. The van der Waals surface area contributed by atoms with Gasteiger partial charge in [0.25, 0.3) is 5.56 Å². The number of fused-ring (bicyclic) bond motifs is 5. The second-order valence-electron chi connectivity index (χ2n) is 13.3. The maximum absolute atomic E-state index is 14.3. The van der Waals surface area contributed by atoms with E-state index in [1.807, 2.05) is 19.1 Å². The molecule has 6 rings (SSSR count). The number of cyclic esters (lactones) is 1. The van der Waals surface area contributed by atoms with Crippen LogP contribution in [0.15, 0.2) is 23.0 Å². The molecule has 1 N–H and O–H groups in total. The number of likely N-dealkylation sites (tertiary alicyclic amines) is 1. The van der Waals surface area contributed by atoms with Crippen LogP contribution in [-0.4, -0.2) is 58.2 Å². The number of nitrogens with one attached hydrogen (secondary N) is 1.